The van der Waals surface area contributed by atoms with Gasteiger partial charge in [-0.05, 0) is 48.4 Å². The second-order valence-electron chi connectivity index (χ2n) is 7.51. The summed E-state index contributed by atoms with van der Waals surface area (Å²) in [5.74, 6) is 1.76. The summed E-state index contributed by atoms with van der Waals surface area (Å²) in [6, 6.07) is 19.3. The molecule has 1 aromatic heterocycles. The first-order chi connectivity index (χ1) is 14.6. The quantitative estimate of drug-likeness (QED) is 0.571. The van der Waals surface area contributed by atoms with Crippen molar-refractivity contribution in [1.29, 1.82) is 0 Å². The van der Waals surface area contributed by atoms with Crippen LogP contribution in [0.15, 0.2) is 65.1 Å². The second kappa shape index (κ2) is 9.37. The molecule has 4 rings (SSSR count). The van der Waals surface area contributed by atoms with E-state index in [-0.39, 0.29) is 5.91 Å². The zero-order chi connectivity index (χ0) is 20.9. The Hall–Kier alpha value is -2.76. The highest BCUT2D eigenvalue weighted by Gasteiger charge is 2.24. The summed E-state index contributed by atoms with van der Waals surface area (Å²) in [4.78, 5) is 17.0. The van der Waals surface area contributed by atoms with E-state index in [1.807, 2.05) is 66.4 Å². The topological polar surface area (TPSA) is 45.9 Å². The highest BCUT2D eigenvalue weighted by atomic mass is 35.5. The van der Waals surface area contributed by atoms with E-state index in [0.717, 1.165) is 36.0 Å². The van der Waals surface area contributed by atoms with Crippen LogP contribution >= 0.6 is 11.6 Å². The zero-order valence-electron chi connectivity index (χ0n) is 17.0. The molecule has 0 bridgehead atoms. The van der Waals surface area contributed by atoms with Gasteiger partial charge in [-0.15, -0.1) is 0 Å². The predicted molar refractivity (Wildman–Crippen MR) is 117 cm³/mol. The van der Waals surface area contributed by atoms with Crippen LogP contribution < -0.4 is 4.74 Å². The van der Waals surface area contributed by atoms with Crippen molar-refractivity contribution in [1.82, 2.24) is 9.80 Å². The average molecular weight is 425 g/mol. The molecule has 1 saturated heterocycles. The summed E-state index contributed by atoms with van der Waals surface area (Å²) in [5.41, 5.74) is 2.29. The number of amides is 1. The zero-order valence-corrected chi connectivity index (χ0v) is 17.8. The first-order valence-corrected chi connectivity index (χ1v) is 10.5. The molecule has 156 valence electrons. The average Bonchev–Trinajstić information content (AvgIpc) is 3.24. The number of para-hydroxylation sites is 1. The number of hydrogen-bond acceptors (Lipinski definition) is 4. The Kier molecular flexibility index (Phi) is 6.41. The third-order valence-electron chi connectivity index (χ3n) is 5.31. The summed E-state index contributed by atoms with van der Waals surface area (Å²) >= 11 is 5.95. The number of carbonyl (C=O) groups excluding carboxylic acids is 1. The van der Waals surface area contributed by atoms with Crippen molar-refractivity contribution in [3.63, 3.8) is 0 Å². The van der Waals surface area contributed by atoms with E-state index in [9.17, 15) is 4.79 Å². The van der Waals surface area contributed by atoms with Crippen molar-refractivity contribution in [3.05, 3.63) is 88.3 Å². The highest BCUT2D eigenvalue weighted by molar-refractivity contribution is 6.30. The maximum atomic E-state index is 12.8. The maximum Gasteiger partial charge on any atom is 0.289 e. The SMILES string of the molecule is Cc1ccccc1OCc1ccc(C(=O)N2CCN(Cc3ccc(Cl)cc3)CC2)o1. The van der Waals surface area contributed by atoms with Crippen LogP contribution in [0, 0.1) is 6.92 Å². The number of halogens is 1. The van der Waals surface area contributed by atoms with Gasteiger partial charge in [0, 0.05) is 37.7 Å². The molecule has 1 aliphatic heterocycles. The third-order valence-corrected chi connectivity index (χ3v) is 5.57. The van der Waals surface area contributed by atoms with Gasteiger partial charge in [-0.2, -0.15) is 0 Å². The molecule has 0 atom stereocenters. The van der Waals surface area contributed by atoms with Gasteiger partial charge in [-0.25, -0.2) is 0 Å². The maximum absolute atomic E-state index is 12.8. The van der Waals surface area contributed by atoms with Gasteiger partial charge in [-0.1, -0.05) is 41.9 Å². The Balaban J connectivity index is 1.28. The fourth-order valence-corrected chi connectivity index (χ4v) is 3.68. The largest absolute Gasteiger partial charge is 0.485 e. The molecule has 1 amide bonds. The van der Waals surface area contributed by atoms with Crippen LogP contribution in [-0.2, 0) is 13.2 Å². The normalized spacial score (nSPS) is 14.7. The van der Waals surface area contributed by atoms with Crippen molar-refractivity contribution in [2.45, 2.75) is 20.1 Å². The summed E-state index contributed by atoms with van der Waals surface area (Å²) in [7, 11) is 0. The van der Waals surface area contributed by atoms with Crippen LogP contribution in [0.3, 0.4) is 0 Å². The molecule has 0 spiro atoms. The molecule has 0 N–H and O–H groups in total. The number of ether oxygens (including phenoxy) is 1. The number of carbonyl (C=O) groups is 1. The van der Waals surface area contributed by atoms with E-state index in [0.29, 0.717) is 31.2 Å². The van der Waals surface area contributed by atoms with Crippen LogP contribution in [0.4, 0.5) is 0 Å². The number of benzene rings is 2. The first kappa shape index (κ1) is 20.5. The van der Waals surface area contributed by atoms with Gasteiger partial charge in [0.2, 0.25) is 0 Å². The predicted octanol–water partition coefficient (Wildman–Crippen LogP) is 4.78. The number of piperazine rings is 1. The lowest BCUT2D eigenvalue weighted by atomic mass is 10.2. The van der Waals surface area contributed by atoms with Crippen molar-refractivity contribution in [2.24, 2.45) is 0 Å². The van der Waals surface area contributed by atoms with Gasteiger partial charge in [-0.3, -0.25) is 9.69 Å². The van der Waals surface area contributed by atoms with Crippen LogP contribution in [0.1, 0.15) is 27.4 Å². The van der Waals surface area contributed by atoms with Gasteiger partial charge in [0.25, 0.3) is 5.91 Å². The molecule has 1 fully saturated rings. The molecule has 0 unspecified atom stereocenters. The molecule has 2 aromatic carbocycles. The smallest absolute Gasteiger partial charge is 0.289 e. The molecular formula is C24H25ClN2O3. The monoisotopic (exact) mass is 424 g/mol. The Morgan fingerprint density at radius 2 is 1.73 bits per heavy atom. The van der Waals surface area contributed by atoms with Gasteiger partial charge in [0.15, 0.2) is 5.76 Å². The standard InChI is InChI=1S/C24H25ClN2O3/c1-18-4-2-3-5-22(18)29-17-21-10-11-23(30-21)24(28)27-14-12-26(13-15-27)16-19-6-8-20(25)9-7-19/h2-11H,12-17H2,1H3. The molecule has 0 aliphatic carbocycles. The fraction of sp³-hybridized carbons (Fsp3) is 0.292. The van der Waals surface area contributed by atoms with E-state index in [4.69, 9.17) is 20.8 Å². The molecule has 0 saturated carbocycles. The molecule has 2 heterocycles. The van der Waals surface area contributed by atoms with Crippen LogP contribution in [0.2, 0.25) is 5.02 Å². The molecule has 3 aromatic rings. The lowest BCUT2D eigenvalue weighted by Gasteiger charge is -2.34. The van der Waals surface area contributed by atoms with Crippen LogP contribution in [-0.4, -0.2) is 41.9 Å². The molecule has 5 nitrogen and oxygen atoms in total. The summed E-state index contributed by atoms with van der Waals surface area (Å²) in [5, 5.41) is 0.747. The minimum atomic E-state index is -0.0664. The Labute approximate surface area is 181 Å². The molecule has 6 heteroatoms. The summed E-state index contributed by atoms with van der Waals surface area (Å²) in [6.07, 6.45) is 0. The first-order valence-electron chi connectivity index (χ1n) is 10.1. The van der Waals surface area contributed by atoms with Gasteiger partial charge >= 0.3 is 0 Å². The van der Waals surface area contributed by atoms with E-state index < -0.39 is 0 Å². The minimum absolute atomic E-state index is 0.0664. The molecule has 1 aliphatic rings. The number of rotatable bonds is 6. The number of furan rings is 1. The lowest BCUT2D eigenvalue weighted by Crippen LogP contribution is -2.48. The van der Waals surface area contributed by atoms with E-state index in [1.165, 1.54) is 5.56 Å². The van der Waals surface area contributed by atoms with E-state index >= 15 is 0 Å². The Bertz CT molecular complexity index is 992. The molecular weight excluding hydrogens is 400 g/mol. The number of nitrogens with zero attached hydrogens (tertiary/aromatic N) is 2. The fourth-order valence-electron chi connectivity index (χ4n) is 3.55. The summed E-state index contributed by atoms with van der Waals surface area (Å²) in [6.45, 7) is 6.19. The highest BCUT2D eigenvalue weighted by Crippen LogP contribution is 2.20. The van der Waals surface area contributed by atoms with Crippen molar-refractivity contribution in [3.8, 4) is 5.75 Å². The Morgan fingerprint density at radius 3 is 2.47 bits per heavy atom. The van der Waals surface area contributed by atoms with Gasteiger partial charge in [0.1, 0.15) is 18.1 Å². The van der Waals surface area contributed by atoms with Crippen molar-refractivity contribution < 1.29 is 13.9 Å². The number of aryl methyl sites for hydroxylation is 1. The van der Waals surface area contributed by atoms with Crippen molar-refractivity contribution >= 4 is 17.5 Å². The van der Waals surface area contributed by atoms with E-state index in [2.05, 4.69) is 4.90 Å². The lowest BCUT2D eigenvalue weighted by molar-refractivity contribution is 0.0594. The third kappa shape index (κ3) is 5.04. The summed E-state index contributed by atoms with van der Waals surface area (Å²) < 4.78 is 11.6. The molecule has 0 radical (unpaired) electrons. The van der Waals surface area contributed by atoms with Crippen LogP contribution in [0.5, 0.6) is 5.75 Å². The minimum Gasteiger partial charge on any atom is -0.485 e. The van der Waals surface area contributed by atoms with Gasteiger partial charge < -0.3 is 14.1 Å². The van der Waals surface area contributed by atoms with Gasteiger partial charge in [0.05, 0.1) is 0 Å². The van der Waals surface area contributed by atoms with Crippen LogP contribution in [0.25, 0.3) is 0 Å². The molecule has 30 heavy (non-hydrogen) atoms. The second-order valence-corrected chi connectivity index (χ2v) is 7.95. The van der Waals surface area contributed by atoms with E-state index in [1.54, 1.807) is 6.07 Å². The number of hydrogen-bond donors (Lipinski definition) is 0. The van der Waals surface area contributed by atoms with Crippen molar-refractivity contribution in [2.75, 3.05) is 26.2 Å². The Morgan fingerprint density at radius 1 is 1.00 bits per heavy atom.